The average Bonchev–Trinajstić information content (AvgIpc) is 2.56. The van der Waals surface area contributed by atoms with Crippen molar-refractivity contribution in [1.29, 1.82) is 0 Å². The maximum atomic E-state index is 10.8. The molecule has 0 bridgehead atoms. The molecule has 3 atom stereocenters. The maximum absolute atomic E-state index is 10.8. The third-order valence-electron chi connectivity index (χ3n) is 2.22. The minimum Gasteiger partial charge on any atom is -0.394 e. The molecule has 1 amide bonds. The molecule has 1 saturated heterocycles. The molecule has 0 aromatic carbocycles. The third kappa shape index (κ3) is 0.580. The van der Waals surface area contributed by atoms with Crippen LogP contribution in [0.4, 0.5) is 0 Å². The van der Waals surface area contributed by atoms with Crippen LogP contribution >= 0.6 is 0 Å². The highest BCUT2D eigenvalue weighted by Crippen LogP contribution is 2.45. The van der Waals surface area contributed by atoms with Crippen LogP contribution in [0.1, 0.15) is 6.42 Å². The Labute approximate surface area is 53.1 Å². The molecule has 3 nitrogen and oxygen atoms in total. The first-order valence-electron chi connectivity index (χ1n) is 3.24. The molecule has 0 radical (unpaired) electrons. The number of carbonyl (C=O) groups is 1. The zero-order valence-electron chi connectivity index (χ0n) is 5.00. The molecule has 1 aliphatic carbocycles. The van der Waals surface area contributed by atoms with Crippen LogP contribution in [0.2, 0.25) is 0 Å². The van der Waals surface area contributed by atoms with Crippen molar-refractivity contribution >= 4 is 5.91 Å². The van der Waals surface area contributed by atoms with Crippen LogP contribution in [0.15, 0.2) is 0 Å². The van der Waals surface area contributed by atoms with Crippen LogP contribution < -0.4 is 5.32 Å². The molecular weight excluding hydrogens is 118 g/mol. The number of amides is 1. The monoisotopic (exact) mass is 127 g/mol. The molecular formula is C6H9NO2. The highest BCUT2D eigenvalue weighted by Gasteiger charge is 2.53. The first kappa shape index (κ1) is 5.23. The number of aliphatic hydroxyl groups excluding tert-OH is 1. The molecule has 1 aliphatic heterocycles. The van der Waals surface area contributed by atoms with E-state index in [9.17, 15) is 4.79 Å². The lowest BCUT2D eigenvalue weighted by atomic mass is 10.2. The van der Waals surface area contributed by atoms with Crippen LogP contribution in [-0.4, -0.2) is 23.7 Å². The van der Waals surface area contributed by atoms with E-state index in [-0.39, 0.29) is 24.5 Å². The van der Waals surface area contributed by atoms with Gasteiger partial charge in [-0.15, -0.1) is 0 Å². The third-order valence-corrected chi connectivity index (χ3v) is 2.22. The van der Waals surface area contributed by atoms with Gasteiger partial charge in [0.2, 0.25) is 5.91 Å². The van der Waals surface area contributed by atoms with Gasteiger partial charge in [-0.2, -0.15) is 0 Å². The molecule has 2 rings (SSSR count). The Kier molecular flexibility index (Phi) is 0.858. The van der Waals surface area contributed by atoms with E-state index < -0.39 is 0 Å². The van der Waals surface area contributed by atoms with Gasteiger partial charge in [0.1, 0.15) is 0 Å². The number of hydrogen-bond acceptors (Lipinski definition) is 2. The summed E-state index contributed by atoms with van der Waals surface area (Å²) in [5, 5.41) is 11.4. The van der Waals surface area contributed by atoms with Crippen LogP contribution in [0.25, 0.3) is 0 Å². The Balaban J connectivity index is 2.08. The maximum Gasteiger partial charge on any atom is 0.223 e. The van der Waals surface area contributed by atoms with E-state index >= 15 is 0 Å². The van der Waals surface area contributed by atoms with Crippen LogP contribution in [0.5, 0.6) is 0 Å². The van der Waals surface area contributed by atoms with Crippen molar-refractivity contribution < 1.29 is 9.90 Å². The molecule has 2 aliphatic rings. The van der Waals surface area contributed by atoms with E-state index in [4.69, 9.17) is 5.11 Å². The summed E-state index contributed by atoms with van der Waals surface area (Å²) in [5.41, 5.74) is 0. The predicted molar refractivity (Wildman–Crippen MR) is 30.6 cm³/mol. The second-order valence-electron chi connectivity index (χ2n) is 2.80. The number of carbonyl (C=O) groups excluding carboxylic acids is 1. The van der Waals surface area contributed by atoms with Crippen LogP contribution in [-0.2, 0) is 4.79 Å². The largest absolute Gasteiger partial charge is 0.394 e. The summed E-state index contributed by atoms with van der Waals surface area (Å²) in [6.45, 7) is 0.104. The zero-order valence-corrected chi connectivity index (χ0v) is 5.00. The Morgan fingerprint density at radius 1 is 1.78 bits per heavy atom. The summed E-state index contributed by atoms with van der Waals surface area (Å²) in [7, 11) is 0. The number of aliphatic hydroxyl groups is 1. The van der Waals surface area contributed by atoms with Crippen molar-refractivity contribution in [2.45, 2.75) is 12.5 Å². The Morgan fingerprint density at radius 3 is 2.78 bits per heavy atom. The summed E-state index contributed by atoms with van der Waals surface area (Å²) in [4.78, 5) is 10.8. The van der Waals surface area contributed by atoms with Gasteiger partial charge in [-0.05, 0) is 12.3 Å². The van der Waals surface area contributed by atoms with E-state index in [1.54, 1.807) is 0 Å². The molecule has 3 heteroatoms. The zero-order chi connectivity index (χ0) is 6.43. The molecule has 2 N–H and O–H groups in total. The highest BCUT2D eigenvalue weighted by molar-refractivity contribution is 5.85. The van der Waals surface area contributed by atoms with Crippen LogP contribution in [0, 0.1) is 11.8 Å². The molecule has 2 fully saturated rings. The summed E-state index contributed by atoms with van der Waals surface area (Å²) in [5.74, 6) is 0.851. The molecule has 1 heterocycles. The first-order valence-corrected chi connectivity index (χ1v) is 3.24. The fraction of sp³-hybridized carbons (Fsp3) is 0.833. The second kappa shape index (κ2) is 1.48. The van der Waals surface area contributed by atoms with Crippen molar-refractivity contribution in [3.63, 3.8) is 0 Å². The summed E-state index contributed by atoms with van der Waals surface area (Å²) in [6, 6.07) is 0.0718. The van der Waals surface area contributed by atoms with Gasteiger partial charge < -0.3 is 10.4 Å². The normalized spacial score (nSPS) is 46.3. The predicted octanol–water partition coefficient (Wildman–Crippen LogP) is -0.887. The lowest BCUT2D eigenvalue weighted by Gasteiger charge is -2.07. The first-order chi connectivity index (χ1) is 4.33. The fourth-order valence-corrected chi connectivity index (χ4v) is 1.54. The smallest absolute Gasteiger partial charge is 0.223 e. The average molecular weight is 127 g/mol. The lowest BCUT2D eigenvalue weighted by Crippen LogP contribution is -2.32. The van der Waals surface area contributed by atoms with Gasteiger partial charge in [0.15, 0.2) is 0 Å². The van der Waals surface area contributed by atoms with Gasteiger partial charge in [0, 0.05) is 5.92 Å². The van der Waals surface area contributed by atoms with E-state index in [1.807, 2.05) is 0 Å². The van der Waals surface area contributed by atoms with Crippen LogP contribution in [0.3, 0.4) is 0 Å². The number of piperidine rings is 1. The van der Waals surface area contributed by atoms with E-state index in [0.717, 1.165) is 6.42 Å². The molecule has 1 saturated carbocycles. The van der Waals surface area contributed by atoms with Crippen molar-refractivity contribution in [1.82, 2.24) is 5.32 Å². The fourth-order valence-electron chi connectivity index (χ4n) is 1.54. The Bertz CT molecular complexity index is 157. The van der Waals surface area contributed by atoms with Gasteiger partial charge in [0.05, 0.1) is 12.6 Å². The molecule has 9 heavy (non-hydrogen) atoms. The van der Waals surface area contributed by atoms with Crippen molar-refractivity contribution in [2.75, 3.05) is 6.61 Å². The Hall–Kier alpha value is -0.570. The topological polar surface area (TPSA) is 49.3 Å². The van der Waals surface area contributed by atoms with Gasteiger partial charge in [0.25, 0.3) is 0 Å². The number of fused-ring (bicyclic) bond motifs is 1. The van der Waals surface area contributed by atoms with Crippen molar-refractivity contribution in [2.24, 2.45) is 11.8 Å². The minimum atomic E-state index is 0.0718. The summed E-state index contributed by atoms with van der Waals surface area (Å²) >= 11 is 0. The summed E-state index contributed by atoms with van der Waals surface area (Å²) in [6.07, 6.45) is 0.997. The molecule has 50 valence electrons. The van der Waals surface area contributed by atoms with E-state index in [1.165, 1.54) is 0 Å². The molecule has 0 aromatic heterocycles. The standard InChI is InChI=1S/C6H9NO2/c8-2-5-3-1-4(3)6(9)7-5/h3-5,8H,1-2H2,(H,7,9)/t3-,4+,5-/m1/s1. The lowest BCUT2D eigenvalue weighted by molar-refractivity contribution is -0.121. The van der Waals surface area contributed by atoms with Crippen molar-refractivity contribution in [3.05, 3.63) is 0 Å². The number of nitrogens with one attached hydrogen (secondary N) is 1. The van der Waals surface area contributed by atoms with E-state index in [2.05, 4.69) is 5.32 Å². The van der Waals surface area contributed by atoms with Gasteiger partial charge in [-0.25, -0.2) is 0 Å². The van der Waals surface area contributed by atoms with Crippen molar-refractivity contribution in [3.8, 4) is 0 Å². The second-order valence-corrected chi connectivity index (χ2v) is 2.80. The molecule has 0 unspecified atom stereocenters. The van der Waals surface area contributed by atoms with Gasteiger partial charge in [-0.1, -0.05) is 0 Å². The SMILES string of the molecule is O=C1N[C@H](CO)[C@@H]2C[C@H]12. The summed E-state index contributed by atoms with van der Waals surface area (Å²) < 4.78 is 0. The highest BCUT2D eigenvalue weighted by atomic mass is 16.3. The van der Waals surface area contributed by atoms with Gasteiger partial charge in [-0.3, -0.25) is 4.79 Å². The molecule has 0 aromatic rings. The molecule has 0 spiro atoms. The Morgan fingerprint density at radius 2 is 2.56 bits per heavy atom. The number of rotatable bonds is 1. The van der Waals surface area contributed by atoms with E-state index in [0.29, 0.717) is 5.92 Å². The quantitative estimate of drug-likeness (QED) is 0.480. The minimum absolute atomic E-state index is 0.0718. The number of hydrogen-bond donors (Lipinski definition) is 2. The van der Waals surface area contributed by atoms with Gasteiger partial charge >= 0.3 is 0 Å².